The van der Waals surface area contributed by atoms with Crippen LogP contribution in [-0.2, 0) is 16.8 Å². The molecule has 1 aromatic heterocycles. The summed E-state index contributed by atoms with van der Waals surface area (Å²) in [6.45, 7) is 4.76. The van der Waals surface area contributed by atoms with Gasteiger partial charge in [0, 0.05) is 39.3 Å². The zero-order chi connectivity index (χ0) is 15.4. The van der Waals surface area contributed by atoms with E-state index in [2.05, 4.69) is 15.1 Å². The van der Waals surface area contributed by atoms with Crippen LogP contribution >= 0.6 is 11.3 Å². The van der Waals surface area contributed by atoms with E-state index in [4.69, 9.17) is 0 Å². The van der Waals surface area contributed by atoms with Gasteiger partial charge in [0.2, 0.25) is 0 Å². The summed E-state index contributed by atoms with van der Waals surface area (Å²) in [6.07, 6.45) is 4.25. The van der Waals surface area contributed by atoms with Crippen LogP contribution in [0.3, 0.4) is 0 Å². The predicted octanol–water partition coefficient (Wildman–Crippen LogP) is 0.776. The molecule has 0 aliphatic carbocycles. The Morgan fingerprint density at radius 3 is 2.18 bits per heavy atom. The Morgan fingerprint density at radius 1 is 0.955 bits per heavy atom. The molecule has 1 aromatic rings. The summed E-state index contributed by atoms with van der Waals surface area (Å²) in [5.41, 5.74) is 1.73. The number of hydrogen-bond donors (Lipinski definition) is 0. The van der Waals surface area contributed by atoms with Gasteiger partial charge >= 0.3 is 0 Å². The van der Waals surface area contributed by atoms with Gasteiger partial charge in [0.25, 0.3) is 10.2 Å². The highest BCUT2D eigenvalue weighted by atomic mass is 32.2. The van der Waals surface area contributed by atoms with Crippen LogP contribution in [0.25, 0.3) is 0 Å². The lowest BCUT2D eigenvalue weighted by molar-refractivity contribution is 0.174. The first kappa shape index (κ1) is 16.3. The SMILES string of the molecule is O=S(=O)(N1CCCCCC1)N1CCN(Cc2nncs2)CC1. The fourth-order valence-corrected chi connectivity index (χ4v) is 5.25. The van der Waals surface area contributed by atoms with Gasteiger partial charge in [0.05, 0.1) is 6.54 Å². The average Bonchev–Trinajstić information content (AvgIpc) is 2.87. The van der Waals surface area contributed by atoms with Crippen molar-refractivity contribution >= 4 is 21.5 Å². The Hall–Kier alpha value is -0.610. The lowest BCUT2D eigenvalue weighted by atomic mass is 10.2. The fraction of sp³-hybridized carbons (Fsp3) is 0.846. The summed E-state index contributed by atoms with van der Waals surface area (Å²) >= 11 is 1.54. The van der Waals surface area contributed by atoms with E-state index in [0.717, 1.165) is 50.3 Å². The molecular weight excluding hydrogens is 322 g/mol. The number of aromatic nitrogens is 2. The molecule has 2 saturated heterocycles. The highest BCUT2D eigenvalue weighted by Gasteiger charge is 2.32. The van der Waals surface area contributed by atoms with E-state index >= 15 is 0 Å². The van der Waals surface area contributed by atoms with Gasteiger partial charge in [-0.1, -0.05) is 12.8 Å². The molecule has 0 atom stereocenters. The Kier molecular flexibility index (Phi) is 5.40. The minimum atomic E-state index is -3.28. The second kappa shape index (κ2) is 7.31. The molecule has 0 aromatic carbocycles. The van der Waals surface area contributed by atoms with Crippen LogP contribution in [0.15, 0.2) is 5.51 Å². The molecule has 7 nitrogen and oxygen atoms in total. The molecule has 3 rings (SSSR count). The van der Waals surface area contributed by atoms with Crippen molar-refractivity contribution in [2.45, 2.75) is 32.2 Å². The summed E-state index contributed by atoms with van der Waals surface area (Å²) in [6, 6.07) is 0. The largest absolute Gasteiger partial charge is 0.294 e. The number of nitrogens with zero attached hydrogens (tertiary/aromatic N) is 5. The summed E-state index contributed by atoms with van der Waals surface area (Å²) in [7, 11) is -3.28. The van der Waals surface area contributed by atoms with Gasteiger partial charge in [0.1, 0.15) is 10.5 Å². The van der Waals surface area contributed by atoms with Gasteiger partial charge in [-0.3, -0.25) is 4.90 Å². The molecule has 0 saturated carbocycles. The molecule has 2 fully saturated rings. The van der Waals surface area contributed by atoms with Crippen LogP contribution in [0.2, 0.25) is 0 Å². The van der Waals surface area contributed by atoms with E-state index in [-0.39, 0.29) is 0 Å². The third kappa shape index (κ3) is 3.83. The quantitative estimate of drug-likeness (QED) is 0.806. The highest BCUT2D eigenvalue weighted by molar-refractivity contribution is 7.86. The monoisotopic (exact) mass is 345 g/mol. The van der Waals surface area contributed by atoms with Gasteiger partial charge in [-0.05, 0) is 12.8 Å². The van der Waals surface area contributed by atoms with E-state index < -0.39 is 10.2 Å². The minimum absolute atomic E-state index is 0.567. The van der Waals surface area contributed by atoms with Crippen molar-refractivity contribution in [3.8, 4) is 0 Å². The normalized spacial score (nSPS) is 23.5. The molecule has 9 heteroatoms. The molecular formula is C13H23N5O2S2. The van der Waals surface area contributed by atoms with Gasteiger partial charge in [0.15, 0.2) is 0 Å². The maximum Gasteiger partial charge on any atom is 0.282 e. The lowest BCUT2D eigenvalue weighted by Gasteiger charge is -2.36. The van der Waals surface area contributed by atoms with Gasteiger partial charge in [-0.15, -0.1) is 21.5 Å². The molecule has 3 heterocycles. The van der Waals surface area contributed by atoms with Crippen LogP contribution in [0.1, 0.15) is 30.7 Å². The van der Waals surface area contributed by atoms with Crippen LogP contribution in [0, 0.1) is 0 Å². The van der Waals surface area contributed by atoms with Crippen molar-refractivity contribution in [3.63, 3.8) is 0 Å². The Bertz CT molecular complexity index is 547. The smallest absolute Gasteiger partial charge is 0.282 e. The van der Waals surface area contributed by atoms with Crippen molar-refractivity contribution in [2.24, 2.45) is 0 Å². The zero-order valence-corrected chi connectivity index (χ0v) is 14.4. The number of rotatable bonds is 4. The molecule has 0 unspecified atom stereocenters. The Balaban J connectivity index is 1.55. The zero-order valence-electron chi connectivity index (χ0n) is 12.7. The number of hydrogen-bond acceptors (Lipinski definition) is 6. The van der Waals surface area contributed by atoms with Gasteiger partial charge < -0.3 is 0 Å². The van der Waals surface area contributed by atoms with Crippen molar-refractivity contribution in [1.82, 2.24) is 23.7 Å². The minimum Gasteiger partial charge on any atom is -0.294 e. The maximum absolute atomic E-state index is 12.7. The van der Waals surface area contributed by atoms with E-state index in [1.54, 1.807) is 25.5 Å². The van der Waals surface area contributed by atoms with Crippen molar-refractivity contribution < 1.29 is 8.42 Å². The molecule has 22 heavy (non-hydrogen) atoms. The van der Waals surface area contributed by atoms with E-state index in [0.29, 0.717) is 26.2 Å². The Morgan fingerprint density at radius 2 is 1.59 bits per heavy atom. The van der Waals surface area contributed by atoms with Crippen LogP contribution < -0.4 is 0 Å². The fourth-order valence-electron chi connectivity index (χ4n) is 3.01. The van der Waals surface area contributed by atoms with Crippen molar-refractivity contribution in [2.75, 3.05) is 39.3 Å². The first-order valence-corrected chi connectivity index (χ1v) is 10.2. The molecule has 2 aliphatic heterocycles. The highest BCUT2D eigenvalue weighted by Crippen LogP contribution is 2.18. The average molecular weight is 345 g/mol. The lowest BCUT2D eigenvalue weighted by Crippen LogP contribution is -2.52. The first-order chi connectivity index (χ1) is 10.7. The van der Waals surface area contributed by atoms with Crippen molar-refractivity contribution in [1.29, 1.82) is 0 Å². The summed E-state index contributed by atoms with van der Waals surface area (Å²) in [4.78, 5) is 2.24. The summed E-state index contributed by atoms with van der Waals surface area (Å²) in [5.74, 6) is 0. The van der Waals surface area contributed by atoms with Crippen LogP contribution in [0.4, 0.5) is 0 Å². The van der Waals surface area contributed by atoms with E-state index in [1.165, 1.54) is 0 Å². The second-order valence-electron chi connectivity index (χ2n) is 5.83. The van der Waals surface area contributed by atoms with Crippen LogP contribution in [0.5, 0.6) is 0 Å². The van der Waals surface area contributed by atoms with E-state index in [1.807, 2.05) is 0 Å². The molecule has 0 amide bonds. The standard InChI is InChI=1S/C13H23N5O2S2/c19-22(20,17-5-3-1-2-4-6-17)18-9-7-16(8-10-18)11-13-15-14-12-21-13/h12H,1-11H2. The topological polar surface area (TPSA) is 69.6 Å². The molecule has 0 radical (unpaired) electrons. The Labute approximate surface area is 136 Å². The summed E-state index contributed by atoms with van der Waals surface area (Å²) in [5, 5.41) is 8.88. The molecule has 0 N–H and O–H groups in total. The predicted molar refractivity (Wildman–Crippen MR) is 85.7 cm³/mol. The van der Waals surface area contributed by atoms with Crippen molar-refractivity contribution in [3.05, 3.63) is 10.5 Å². The maximum atomic E-state index is 12.7. The molecule has 124 valence electrons. The van der Waals surface area contributed by atoms with Gasteiger partial charge in [-0.2, -0.15) is 17.0 Å². The van der Waals surface area contributed by atoms with Crippen LogP contribution in [-0.4, -0.2) is 71.4 Å². The molecule has 2 aliphatic rings. The second-order valence-corrected chi connectivity index (χ2v) is 8.67. The van der Waals surface area contributed by atoms with E-state index in [9.17, 15) is 8.42 Å². The summed E-state index contributed by atoms with van der Waals surface area (Å²) < 4.78 is 28.8. The molecule has 0 spiro atoms. The van der Waals surface area contributed by atoms with Gasteiger partial charge in [-0.25, -0.2) is 0 Å². The molecule has 0 bridgehead atoms. The number of piperazine rings is 1. The first-order valence-electron chi connectivity index (χ1n) is 7.89. The third-order valence-electron chi connectivity index (χ3n) is 4.31. The third-order valence-corrected chi connectivity index (χ3v) is 7.03.